The van der Waals surface area contributed by atoms with Crippen molar-refractivity contribution in [1.82, 2.24) is 0 Å². The predicted molar refractivity (Wildman–Crippen MR) is 65.3 cm³/mol. The summed E-state index contributed by atoms with van der Waals surface area (Å²) >= 11 is 0. The van der Waals surface area contributed by atoms with Crippen molar-refractivity contribution in [2.75, 3.05) is 21.1 Å². The van der Waals surface area contributed by atoms with Crippen LogP contribution in [0.2, 0.25) is 0 Å². The summed E-state index contributed by atoms with van der Waals surface area (Å²) in [6.07, 6.45) is 1.28. The Hall–Kier alpha value is -1.23. The largest absolute Gasteiger partial charge is 0.623 e. The molecule has 0 fully saturated rings. The number of aliphatic carboxylic acids is 1. The fraction of sp³-hybridized carbons (Fsp3) is 0.545. The Kier molecular flexibility index (Phi) is 6.18. The highest BCUT2D eigenvalue weighted by Crippen LogP contribution is 2.27. The third-order valence-electron chi connectivity index (χ3n) is 2.37. The molecule has 0 bridgehead atoms. The lowest BCUT2D eigenvalue weighted by atomic mass is 10.5. The van der Waals surface area contributed by atoms with Gasteiger partial charge < -0.3 is 19.5 Å². The van der Waals surface area contributed by atoms with Crippen LogP contribution < -0.4 is 10.00 Å². The molecule has 0 aliphatic heterocycles. The van der Waals surface area contributed by atoms with Gasteiger partial charge in [0.15, 0.2) is 7.77 Å². The van der Waals surface area contributed by atoms with Crippen LogP contribution in [0.4, 0.5) is 0 Å². The van der Waals surface area contributed by atoms with Crippen molar-refractivity contribution in [3.63, 3.8) is 0 Å². The van der Waals surface area contributed by atoms with Crippen LogP contribution in [0, 0.1) is 0 Å². The van der Waals surface area contributed by atoms with Crippen molar-refractivity contribution in [2.45, 2.75) is 19.6 Å². The molecule has 0 radical (unpaired) electrons. The van der Waals surface area contributed by atoms with Crippen LogP contribution in [0.25, 0.3) is 0 Å². The molecule has 0 N–H and O–H groups in total. The van der Waals surface area contributed by atoms with E-state index in [-0.39, 0.29) is 11.3 Å². The molecule has 0 saturated carbocycles. The van der Waals surface area contributed by atoms with Crippen molar-refractivity contribution in [3.05, 3.63) is 12.2 Å². The van der Waals surface area contributed by atoms with Gasteiger partial charge in [-0.3, -0.25) is 4.48 Å². The van der Waals surface area contributed by atoms with Gasteiger partial charge in [0.25, 0.3) is 5.48 Å². The van der Waals surface area contributed by atoms with E-state index in [4.69, 9.17) is 4.74 Å². The van der Waals surface area contributed by atoms with E-state index in [9.17, 15) is 19.6 Å². The van der Waals surface area contributed by atoms with Gasteiger partial charge in [0.2, 0.25) is 5.78 Å². The van der Waals surface area contributed by atoms with Crippen LogP contribution in [0.5, 0.6) is 0 Å². The van der Waals surface area contributed by atoms with Gasteiger partial charge in [0.1, 0.15) is 0 Å². The number of carbonyl (C=O) groups is 2. The summed E-state index contributed by atoms with van der Waals surface area (Å²) in [5.74, 6) is -2.60. The first-order valence-corrected chi connectivity index (χ1v) is 6.60. The van der Waals surface area contributed by atoms with E-state index < -0.39 is 19.7 Å². The molecule has 2 atom stereocenters. The van der Waals surface area contributed by atoms with Gasteiger partial charge in [-0.2, -0.15) is 0 Å². The van der Waals surface area contributed by atoms with E-state index in [1.165, 1.54) is 6.92 Å². The summed E-state index contributed by atoms with van der Waals surface area (Å²) in [4.78, 5) is 33.3. The van der Waals surface area contributed by atoms with Gasteiger partial charge in [-0.15, -0.1) is 0 Å². The molecule has 0 spiro atoms. The lowest BCUT2D eigenvalue weighted by molar-refractivity contribution is -0.880. The molecule has 0 aromatic rings. The number of carbonyl (C=O) groups excluding carboxylic acids is 2. The zero-order chi connectivity index (χ0) is 14.5. The summed E-state index contributed by atoms with van der Waals surface area (Å²) in [5, 5.41) is 10.1. The normalized spacial score (nSPS) is 15.2. The quantitative estimate of drug-likeness (QED) is 0.272. The molecule has 0 heterocycles. The Morgan fingerprint density at radius 3 is 2.17 bits per heavy atom. The summed E-state index contributed by atoms with van der Waals surface area (Å²) < 4.78 is 5.24. The number of carboxylic acid groups (broad SMARTS) is 1. The number of rotatable bonds is 5. The van der Waals surface area contributed by atoms with E-state index in [0.717, 1.165) is 6.08 Å². The van der Waals surface area contributed by atoms with Crippen LogP contribution in [0.15, 0.2) is 12.2 Å². The molecule has 0 aliphatic rings. The monoisotopic (exact) mass is 275 g/mol. The Balaban J connectivity index is 4.79. The second-order valence-electron chi connectivity index (χ2n) is 4.67. The molecular formula is C11H18NO5P. The molecule has 0 saturated heterocycles. The Labute approximate surface area is 108 Å². The topological polar surface area (TPSA) is 89.5 Å². The average molecular weight is 275 g/mol. The number of nitrogens with zero attached hydrogens (tertiary/aromatic N) is 1. The smallest absolute Gasteiger partial charge is 0.338 e. The minimum atomic E-state index is -1.85. The van der Waals surface area contributed by atoms with Crippen molar-refractivity contribution >= 4 is 25.2 Å². The highest BCUT2D eigenvalue weighted by atomic mass is 31.1. The Morgan fingerprint density at radius 2 is 1.78 bits per heavy atom. The van der Waals surface area contributed by atoms with E-state index in [0.29, 0.717) is 10.6 Å². The third-order valence-corrected chi connectivity index (χ3v) is 4.46. The highest BCUT2D eigenvalue weighted by Gasteiger charge is 2.29. The lowest BCUT2D eigenvalue weighted by Crippen LogP contribution is -2.43. The fourth-order valence-corrected chi connectivity index (χ4v) is 2.27. The van der Waals surface area contributed by atoms with Gasteiger partial charge in [-0.05, 0) is 6.08 Å². The van der Waals surface area contributed by atoms with E-state index in [2.05, 4.69) is 0 Å². The maximum Gasteiger partial charge on any atom is 0.338 e. The number of carboxylic acids is 1. The molecule has 2 unspecified atom stereocenters. The van der Waals surface area contributed by atoms with Gasteiger partial charge in [0.05, 0.1) is 27.1 Å². The van der Waals surface area contributed by atoms with Gasteiger partial charge in [0, 0.05) is 19.9 Å². The minimum Gasteiger partial charge on any atom is -0.623 e. The molecular weight excluding hydrogens is 257 g/mol. The molecule has 102 valence electrons. The predicted octanol–water partition coefficient (Wildman–Crippen LogP) is -1.21. The number of hydrogen-bond donors (Lipinski definition) is 0. The number of hydrogen-bond acceptors (Lipinski definition) is 5. The van der Waals surface area contributed by atoms with Gasteiger partial charge in [-0.1, -0.05) is 0 Å². The molecule has 6 nitrogen and oxygen atoms in total. The first-order chi connectivity index (χ1) is 8.05. The maximum absolute atomic E-state index is 12.0. The first-order valence-electron chi connectivity index (χ1n) is 5.27. The SMILES string of the molecule is C/C(OC(=O)/C=C/C(=O)[O-])=[P+](/[O-])C(C)[N+](C)(C)C. The Morgan fingerprint density at radius 1 is 1.28 bits per heavy atom. The standard InChI is InChI=1S/C11H18NO5P/c1-8(12(3,4)5)18(16)9(2)17-11(15)7-6-10(13)14/h6-8H,1-5H3/b7-6+. The zero-order valence-corrected chi connectivity index (χ0v) is 12.1. The fourth-order valence-electron chi connectivity index (χ4n) is 0.938. The van der Waals surface area contributed by atoms with Crippen LogP contribution >= 0.6 is 7.77 Å². The minimum absolute atomic E-state index is 0.0820. The molecule has 18 heavy (non-hydrogen) atoms. The molecule has 0 amide bonds. The maximum atomic E-state index is 12.0. The van der Waals surface area contributed by atoms with Crippen LogP contribution in [-0.4, -0.2) is 48.8 Å². The zero-order valence-electron chi connectivity index (χ0n) is 11.2. The lowest BCUT2D eigenvalue weighted by Gasteiger charge is -2.28. The van der Waals surface area contributed by atoms with E-state index in [1.807, 2.05) is 21.1 Å². The summed E-state index contributed by atoms with van der Waals surface area (Å²) in [7, 11) is 3.78. The summed E-state index contributed by atoms with van der Waals surface area (Å²) in [5.41, 5.74) is 0.0820. The third kappa shape index (κ3) is 5.91. The molecule has 0 aromatic carbocycles. The van der Waals surface area contributed by atoms with Crippen molar-refractivity contribution in [2.24, 2.45) is 0 Å². The summed E-state index contributed by atoms with van der Waals surface area (Å²) in [6.45, 7) is 3.22. The number of esters is 1. The molecule has 0 aromatic heterocycles. The molecule has 0 rings (SSSR count). The second kappa shape index (κ2) is 6.64. The van der Waals surface area contributed by atoms with Crippen molar-refractivity contribution in [1.29, 1.82) is 0 Å². The van der Waals surface area contributed by atoms with Gasteiger partial charge in [-0.25, -0.2) is 4.79 Å². The Bertz CT molecular complexity index is 395. The van der Waals surface area contributed by atoms with E-state index >= 15 is 0 Å². The van der Waals surface area contributed by atoms with Crippen LogP contribution in [-0.2, 0) is 14.3 Å². The number of quaternary nitrogens is 1. The first kappa shape index (κ1) is 16.8. The van der Waals surface area contributed by atoms with Crippen molar-refractivity contribution in [3.8, 4) is 0 Å². The number of ether oxygens (including phenoxy) is 1. The average Bonchev–Trinajstić information content (AvgIpc) is 2.22. The van der Waals surface area contributed by atoms with Crippen molar-refractivity contribution < 1.29 is 28.8 Å². The van der Waals surface area contributed by atoms with Crippen LogP contribution in [0.3, 0.4) is 0 Å². The van der Waals surface area contributed by atoms with Gasteiger partial charge >= 0.3 is 5.97 Å². The van der Waals surface area contributed by atoms with E-state index in [1.54, 1.807) is 6.92 Å². The highest BCUT2D eigenvalue weighted by molar-refractivity contribution is 7.51. The van der Waals surface area contributed by atoms with Crippen LogP contribution in [0.1, 0.15) is 13.8 Å². The summed E-state index contributed by atoms with van der Waals surface area (Å²) in [6, 6.07) is 0. The second-order valence-corrected chi connectivity index (χ2v) is 6.70. The molecule has 7 heteroatoms. The molecule has 0 aliphatic carbocycles.